The van der Waals surface area contributed by atoms with Crippen molar-refractivity contribution in [3.05, 3.63) is 0 Å². The maximum absolute atomic E-state index is 11.5. The van der Waals surface area contributed by atoms with E-state index < -0.39 is 0 Å². The fraction of sp³-hybridized carbons (Fsp3) is 0.800. The monoisotopic (exact) mass is 314 g/mol. The molecular weight excluding hydrogens is 284 g/mol. The number of hydrogen-bond donors (Lipinski definition) is 3. The van der Waals surface area contributed by atoms with Crippen molar-refractivity contribution in [1.82, 2.24) is 20.9 Å². The smallest absolute Gasteiger partial charge is 0.221 e. The Labute approximate surface area is 133 Å². The minimum atomic E-state index is -0.0106. The third-order valence-electron chi connectivity index (χ3n) is 3.09. The van der Waals surface area contributed by atoms with Crippen LogP contribution in [0.1, 0.15) is 40.0 Å². The van der Waals surface area contributed by atoms with Crippen molar-refractivity contribution in [3.8, 4) is 0 Å². The Kier molecular flexibility index (Phi) is 12.1. The predicted molar refractivity (Wildman–Crippen MR) is 86.3 cm³/mol. The second-order valence-corrected chi connectivity index (χ2v) is 4.95. The molecule has 0 atom stereocenters. The molecule has 0 saturated heterocycles. The molecule has 7 nitrogen and oxygen atoms in total. The first-order valence-electron chi connectivity index (χ1n) is 8.05. The van der Waals surface area contributed by atoms with E-state index in [-0.39, 0.29) is 17.7 Å². The summed E-state index contributed by atoms with van der Waals surface area (Å²) in [6.07, 6.45) is 1.12. The van der Waals surface area contributed by atoms with Crippen molar-refractivity contribution < 1.29 is 14.4 Å². The van der Waals surface area contributed by atoms with E-state index in [2.05, 4.69) is 16.0 Å². The van der Waals surface area contributed by atoms with Crippen molar-refractivity contribution in [2.24, 2.45) is 0 Å². The SMILES string of the molecule is CCNC(=O)CCN(CCC(=O)NCC)CCC(=O)NCC. The quantitative estimate of drug-likeness (QED) is 0.468. The number of carbonyl (C=O) groups is 3. The summed E-state index contributed by atoms with van der Waals surface area (Å²) >= 11 is 0. The van der Waals surface area contributed by atoms with Crippen LogP contribution < -0.4 is 16.0 Å². The Morgan fingerprint density at radius 2 is 0.909 bits per heavy atom. The zero-order valence-corrected chi connectivity index (χ0v) is 14.0. The third kappa shape index (κ3) is 11.1. The van der Waals surface area contributed by atoms with E-state index in [0.29, 0.717) is 58.5 Å². The maximum Gasteiger partial charge on any atom is 0.221 e. The summed E-state index contributed by atoms with van der Waals surface area (Å²) in [5.74, 6) is -0.0319. The van der Waals surface area contributed by atoms with Crippen LogP contribution in [0.2, 0.25) is 0 Å². The van der Waals surface area contributed by atoms with Crippen molar-refractivity contribution >= 4 is 17.7 Å². The number of amides is 3. The second kappa shape index (κ2) is 13.1. The van der Waals surface area contributed by atoms with E-state index in [0.717, 1.165) is 0 Å². The van der Waals surface area contributed by atoms with Crippen LogP contribution in [0.15, 0.2) is 0 Å². The normalized spacial score (nSPS) is 10.4. The first kappa shape index (κ1) is 20.4. The first-order chi connectivity index (χ1) is 10.5. The van der Waals surface area contributed by atoms with Gasteiger partial charge in [-0.05, 0) is 20.8 Å². The van der Waals surface area contributed by atoms with Crippen LogP contribution in [0.25, 0.3) is 0 Å². The lowest BCUT2D eigenvalue weighted by Crippen LogP contribution is -2.36. The van der Waals surface area contributed by atoms with Gasteiger partial charge >= 0.3 is 0 Å². The average Bonchev–Trinajstić information content (AvgIpc) is 2.47. The molecule has 22 heavy (non-hydrogen) atoms. The van der Waals surface area contributed by atoms with Gasteiger partial charge in [0.25, 0.3) is 0 Å². The molecule has 0 unspecified atom stereocenters. The van der Waals surface area contributed by atoms with E-state index >= 15 is 0 Å². The van der Waals surface area contributed by atoms with Crippen LogP contribution in [-0.2, 0) is 14.4 Å². The molecule has 0 heterocycles. The molecule has 0 spiro atoms. The summed E-state index contributed by atoms with van der Waals surface area (Å²) in [4.78, 5) is 36.6. The molecule has 3 N–H and O–H groups in total. The topological polar surface area (TPSA) is 90.5 Å². The molecule has 0 rings (SSSR count). The molecule has 0 aromatic carbocycles. The fourth-order valence-corrected chi connectivity index (χ4v) is 1.97. The number of nitrogens with one attached hydrogen (secondary N) is 3. The number of nitrogens with zero attached hydrogens (tertiary/aromatic N) is 1. The highest BCUT2D eigenvalue weighted by molar-refractivity contribution is 5.77. The summed E-state index contributed by atoms with van der Waals surface area (Å²) in [5.41, 5.74) is 0. The van der Waals surface area contributed by atoms with Crippen LogP contribution in [-0.4, -0.2) is 61.9 Å². The van der Waals surface area contributed by atoms with Crippen LogP contribution in [0.3, 0.4) is 0 Å². The van der Waals surface area contributed by atoms with Crippen LogP contribution >= 0.6 is 0 Å². The van der Waals surface area contributed by atoms with Crippen molar-refractivity contribution in [2.75, 3.05) is 39.3 Å². The standard InChI is InChI=1S/C15H30N4O3/c1-4-16-13(20)7-10-19(11-8-14(21)17-5-2)12-9-15(22)18-6-3/h4-12H2,1-3H3,(H,16,20)(H,17,21)(H,18,22). The predicted octanol–water partition coefficient (Wildman–Crippen LogP) is -0.133. The van der Waals surface area contributed by atoms with Gasteiger partial charge in [-0.15, -0.1) is 0 Å². The summed E-state index contributed by atoms with van der Waals surface area (Å²) in [5, 5.41) is 8.24. The number of rotatable bonds is 12. The molecule has 0 fully saturated rings. The third-order valence-corrected chi connectivity index (χ3v) is 3.09. The van der Waals surface area contributed by atoms with E-state index in [1.165, 1.54) is 0 Å². The summed E-state index contributed by atoms with van der Waals surface area (Å²) in [6.45, 7) is 9.09. The molecule has 0 radical (unpaired) electrons. The zero-order valence-electron chi connectivity index (χ0n) is 14.0. The lowest BCUT2D eigenvalue weighted by Gasteiger charge is -2.21. The average molecular weight is 314 g/mol. The van der Waals surface area contributed by atoms with Crippen LogP contribution in [0.5, 0.6) is 0 Å². The second-order valence-electron chi connectivity index (χ2n) is 4.95. The zero-order chi connectivity index (χ0) is 16.8. The highest BCUT2D eigenvalue weighted by atomic mass is 16.2. The van der Waals surface area contributed by atoms with E-state index in [4.69, 9.17) is 0 Å². The van der Waals surface area contributed by atoms with E-state index in [1.807, 2.05) is 25.7 Å². The minimum Gasteiger partial charge on any atom is -0.356 e. The Morgan fingerprint density at radius 1 is 0.636 bits per heavy atom. The molecule has 0 aromatic rings. The molecule has 0 aliphatic heterocycles. The molecule has 0 aliphatic rings. The summed E-state index contributed by atoms with van der Waals surface area (Å²) in [6, 6.07) is 0. The first-order valence-corrected chi connectivity index (χ1v) is 8.05. The van der Waals surface area contributed by atoms with Crippen LogP contribution in [0, 0.1) is 0 Å². The van der Waals surface area contributed by atoms with Gasteiger partial charge in [0.1, 0.15) is 0 Å². The van der Waals surface area contributed by atoms with Gasteiger partial charge in [-0.2, -0.15) is 0 Å². The summed E-state index contributed by atoms with van der Waals surface area (Å²) in [7, 11) is 0. The molecule has 3 amide bonds. The molecule has 7 heteroatoms. The molecule has 0 aromatic heterocycles. The summed E-state index contributed by atoms with van der Waals surface area (Å²) < 4.78 is 0. The Morgan fingerprint density at radius 3 is 1.14 bits per heavy atom. The van der Waals surface area contributed by atoms with Gasteiger partial charge in [-0.3, -0.25) is 14.4 Å². The van der Waals surface area contributed by atoms with E-state index in [1.54, 1.807) is 0 Å². The molecule has 0 bridgehead atoms. The lowest BCUT2D eigenvalue weighted by molar-refractivity contribution is -0.121. The Balaban J connectivity index is 4.26. The molecular formula is C15H30N4O3. The van der Waals surface area contributed by atoms with Gasteiger partial charge in [0.2, 0.25) is 17.7 Å². The van der Waals surface area contributed by atoms with Gasteiger partial charge < -0.3 is 20.9 Å². The lowest BCUT2D eigenvalue weighted by atomic mass is 10.2. The Hall–Kier alpha value is -1.63. The van der Waals surface area contributed by atoms with E-state index in [9.17, 15) is 14.4 Å². The maximum atomic E-state index is 11.5. The Bertz CT molecular complexity index is 295. The minimum absolute atomic E-state index is 0.0106. The molecule has 0 aliphatic carbocycles. The van der Waals surface area contributed by atoms with Crippen molar-refractivity contribution in [3.63, 3.8) is 0 Å². The molecule has 0 saturated carbocycles. The van der Waals surface area contributed by atoms with Crippen molar-refractivity contribution in [2.45, 2.75) is 40.0 Å². The van der Waals surface area contributed by atoms with Gasteiger partial charge in [-0.25, -0.2) is 0 Å². The van der Waals surface area contributed by atoms with Gasteiger partial charge in [0.15, 0.2) is 0 Å². The highest BCUT2D eigenvalue weighted by Crippen LogP contribution is 1.98. The fourth-order valence-electron chi connectivity index (χ4n) is 1.97. The molecule has 128 valence electrons. The van der Waals surface area contributed by atoms with Gasteiger partial charge in [0, 0.05) is 58.5 Å². The van der Waals surface area contributed by atoms with Crippen molar-refractivity contribution in [1.29, 1.82) is 0 Å². The van der Waals surface area contributed by atoms with Crippen LogP contribution in [0.4, 0.5) is 0 Å². The largest absolute Gasteiger partial charge is 0.356 e. The van der Waals surface area contributed by atoms with Gasteiger partial charge in [-0.1, -0.05) is 0 Å². The number of hydrogen-bond acceptors (Lipinski definition) is 4. The van der Waals surface area contributed by atoms with Gasteiger partial charge in [0.05, 0.1) is 0 Å². The highest BCUT2D eigenvalue weighted by Gasteiger charge is 2.12. The number of carbonyl (C=O) groups excluding carboxylic acids is 3.